The maximum Gasteiger partial charge on any atom is 0.119 e. The third-order valence-corrected chi connectivity index (χ3v) is 3.09. The lowest BCUT2D eigenvalue weighted by Gasteiger charge is -2.17. The molecule has 0 unspecified atom stereocenters. The number of pyridine rings is 1. The van der Waals surface area contributed by atoms with Crippen molar-refractivity contribution in [2.45, 2.75) is 33.6 Å². The first-order valence-electron chi connectivity index (χ1n) is 6.42. The van der Waals surface area contributed by atoms with Crippen molar-refractivity contribution in [1.29, 1.82) is 0 Å². The molecule has 2 rings (SSSR count). The number of aryl methyl sites for hydroxylation is 1. The van der Waals surface area contributed by atoms with E-state index in [-0.39, 0.29) is 0 Å². The van der Waals surface area contributed by atoms with E-state index in [4.69, 9.17) is 9.72 Å². The minimum Gasteiger partial charge on any atom is -0.497 e. The van der Waals surface area contributed by atoms with E-state index in [1.807, 2.05) is 18.2 Å². The van der Waals surface area contributed by atoms with E-state index in [0.29, 0.717) is 5.41 Å². The molecule has 2 nitrogen and oxygen atoms in total. The van der Waals surface area contributed by atoms with Crippen LogP contribution in [0.5, 0.6) is 5.75 Å². The fourth-order valence-corrected chi connectivity index (χ4v) is 1.92. The SMILES string of the molecule is COc1ccc2nc(CCC(C)(C)C)ccc2c1. The lowest BCUT2D eigenvalue weighted by Crippen LogP contribution is -2.07. The summed E-state index contributed by atoms with van der Waals surface area (Å²) in [5.41, 5.74) is 2.57. The van der Waals surface area contributed by atoms with Gasteiger partial charge in [0.05, 0.1) is 12.6 Å². The van der Waals surface area contributed by atoms with Crippen LogP contribution in [0.25, 0.3) is 10.9 Å². The minimum atomic E-state index is 0.358. The van der Waals surface area contributed by atoms with Gasteiger partial charge in [-0.2, -0.15) is 0 Å². The summed E-state index contributed by atoms with van der Waals surface area (Å²) in [6.07, 6.45) is 2.19. The summed E-state index contributed by atoms with van der Waals surface area (Å²) in [5, 5.41) is 1.13. The topological polar surface area (TPSA) is 22.1 Å². The van der Waals surface area contributed by atoms with Crippen molar-refractivity contribution >= 4 is 10.9 Å². The Balaban J connectivity index is 2.22. The molecular weight excluding hydrogens is 222 g/mol. The van der Waals surface area contributed by atoms with Crippen LogP contribution in [-0.4, -0.2) is 12.1 Å². The highest BCUT2D eigenvalue weighted by atomic mass is 16.5. The molecule has 0 spiro atoms. The van der Waals surface area contributed by atoms with E-state index in [1.54, 1.807) is 7.11 Å². The summed E-state index contributed by atoms with van der Waals surface area (Å²) in [6.45, 7) is 6.79. The Morgan fingerprint density at radius 2 is 1.89 bits per heavy atom. The molecule has 96 valence electrons. The van der Waals surface area contributed by atoms with Gasteiger partial charge in [0.1, 0.15) is 5.75 Å². The van der Waals surface area contributed by atoms with Crippen molar-refractivity contribution in [3.8, 4) is 5.75 Å². The van der Waals surface area contributed by atoms with Crippen molar-refractivity contribution < 1.29 is 4.74 Å². The van der Waals surface area contributed by atoms with Gasteiger partial charge in [-0.3, -0.25) is 4.98 Å². The molecule has 0 bridgehead atoms. The summed E-state index contributed by atoms with van der Waals surface area (Å²) in [7, 11) is 1.69. The van der Waals surface area contributed by atoms with E-state index >= 15 is 0 Å². The number of methoxy groups -OCH3 is 1. The van der Waals surface area contributed by atoms with Crippen LogP contribution >= 0.6 is 0 Å². The molecule has 2 aromatic rings. The number of nitrogens with zero attached hydrogens (tertiary/aromatic N) is 1. The monoisotopic (exact) mass is 243 g/mol. The zero-order chi connectivity index (χ0) is 13.2. The lowest BCUT2D eigenvalue weighted by molar-refractivity contribution is 0.376. The van der Waals surface area contributed by atoms with Gasteiger partial charge in [0, 0.05) is 11.1 Å². The van der Waals surface area contributed by atoms with Crippen LogP contribution in [0.15, 0.2) is 30.3 Å². The number of benzene rings is 1. The lowest BCUT2D eigenvalue weighted by atomic mass is 9.90. The quantitative estimate of drug-likeness (QED) is 0.805. The van der Waals surface area contributed by atoms with Gasteiger partial charge in [0.2, 0.25) is 0 Å². The Morgan fingerprint density at radius 1 is 1.11 bits per heavy atom. The van der Waals surface area contributed by atoms with Crippen molar-refractivity contribution in [3.05, 3.63) is 36.0 Å². The largest absolute Gasteiger partial charge is 0.497 e. The van der Waals surface area contributed by atoms with E-state index in [1.165, 1.54) is 5.69 Å². The zero-order valence-corrected chi connectivity index (χ0v) is 11.7. The van der Waals surface area contributed by atoms with Crippen LogP contribution in [0, 0.1) is 5.41 Å². The van der Waals surface area contributed by atoms with Crippen LogP contribution < -0.4 is 4.74 Å². The standard InChI is InChI=1S/C16H21NO/c1-16(2,3)10-9-13-6-5-12-11-14(18-4)7-8-15(12)17-13/h5-8,11H,9-10H2,1-4H3. The Hall–Kier alpha value is -1.57. The fourth-order valence-electron chi connectivity index (χ4n) is 1.92. The van der Waals surface area contributed by atoms with Crippen molar-refractivity contribution in [3.63, 3.8) is 0 Å². The first kappa shape index (κ1) is 12.9. The van der Waals surface area contributed by atoms with E-state index < -0.39 is 0 Å². The van der Waals surface area contributed by atoms with Gasteiger partial charge >= 0.3 is 0 Å². The minimum absolute atomic E-state index is 0.358. The average molecular weight is 243 g/mol. The van der Waals surface area contributed by atoms with E-state index in [0.717, 1.165) is 29.5 Å². The summed E-state index contributed by atoms with van der Waals surface area (Å²) in [6, 6.07) is 10.3. The number of rotatable bonds is 3. The Morgan fingerprint density at radius 3 is 2.56 bits per heavy atom. The van der Waals surface area contributed by atoms with Gasteiger partial charge in [-0.05, 0) is 42.5 Å². The second-order valence-corrected chi connectivity index (χ2v) is 5.92. The van der Waals surface area contributed by atoms with Crippen molar-refractivity contribution in [1.82, 2.24) is 4.98 Å². The second-order valence-electron chi connectivity index (χ2n) is 5.92. The molecule has 0 amide bonds. The highest BCUT2D eigenvalue weighted by molar-refractivity contribution is 5.80. The number of ether oxygens (including phenoxy) is 1. The third kappa shape index (κ3) is 3.22. The highest BCUT2D eigenvalue weighted by Gasteiger charge is 2.10. The van der Waals surface area contributed by atoms with Crippen LogP contribution in [-0.2, 0) is 6.42 Å². The molecular formula is C16H21NO. The van der Waals surface area contributed by atoms with E-state index in [2.05, 4.69) is 32.9 Å². The second kappa shape index (κ2) is 4.97. The molecule has 0 aliphatic carbocycles. The molecule has 1 aromatic heterocycles. The molecule has 2 heteroatoms. The maximum atomic E-state index is 5.22. The van der Waals surface area contributed by atoms with Gasteiger partial charge in [-0.15, -0.1) is 0 Å². The van der Waals surface area contributed by atoms with Gasteiger partial charge in [-0.1, -0.05) is 26.8 Å². The molecule has 0 atom stereocenters. The molecule has 0 N–H and O–H groups in total. The van der Waals surface area contributed by atoms with Crippen LogP contribution in [0.3, 0.4) is 0 Å². The smallest absolute Gasteiger partial charge is 0.119 e. The number of hydrogen-bond donors (Lipinski definition) is 0. The summed E-state index contributed by atoms with van der Waals surface area (Å²) >= 11 is 0. The zero-order valence-electron chi connectivity index (χ0n) is 11.7. The first-order valence-corrected chi connectivity index (χ1v) is 6.42. The van der Waals surface area contributed by atoms with Gasteiger partial charge in [0.25, 0.3) is 0 Å². The number of hydrogen-bond acceptors (Lipinski definition) is 2. The molecule has 0 radical (unpaired) electrons. The van der Waals surface area contributed by atoms with Crippen LogP contribution in [0.4, 0.5) is 0 Å². The van der Waals surface area contributed by atoms with Crippen LogP contribution in [0.2, 0.25) is 0 Å². The summed E-state index contributed by atoms with van der Waals surface area (Å²) in [5.74, 6) is 0.881. The molecule has 0 aliphatic heterocycles. The molecule has 0 fully saturated rings. The van der Waals surface area contributed by atoms with E-state index in [9.17, 15) is 0 Å². The molecule has 1 heterocycles. The third-order valence-electron chi connectivity index (χ3n) is 3.09. The number of fused-ring (bicyclic) bond motifs is 1. The Labute approximate surface area is 109 Å². The Bertz CT molecular complexity index is 540. The van der Waals surface area contributed by atoms with Gasteiger partial charge in [-0.25, -0.2) is 0 Å². The molecule has 0 saturated heterocycles. The molecule has 0 saturated carbocycles. The molecule has 18 heavy (non-hydrogen) atoms. The van der Waals surface area contributed by atoms with Crippen LogP contribution in [0.1, 0.15) is 32.9 Å². The van der Waals surface area contributed by atoms with Gasteiger partial charge in [0.15, 0.2) is 0 Å². The predicted octanol–water partition coefficient (Wildman–Crippen LogP) is 4.22. The van der Waals surface area contributed by atoms with Crippen molar-refractivity contribution in [2.75, 3.05) is 7.11 Å². The maximum absolute atomic E-state index is 5.22. The number of aromatic nitrogens is 1. The highest BCUT2D eigenvalue weighted by Crippen LogP contribution is 2.23. The fraction of sp³-hybridized carbons (Fsp3) is 0.438. The first-order chi connectivity index (χ1) is 8.48. The molecule has 1 aromatic carbocycles. The summed E-state index contributed by atoms with van der Waals surface area (Å²) < 4.78 is 5.22. The summed E-state index contributed by atoms with van der Waals surface area (Å²) in [4.78, 5) is 4.70. The molecule has 0 aliphatic rings. The normalized spacial score (nSPS) is 11.8. The predicted molar refractivity (Wildman–Crippen MR) is 76.1 cm³/mol. The average Bonchev–Trinajstić information content (AvgIpc) is 2.34. The van der Waals surface area contributed by atoms with Crippen molar-refractivity contribution in [2.24, 2.45) is 5.41 Å². The van der Waals surface area contributed by atoms with Gasteiger partial charge < -0.3 is 4.74 Å². The Kier molecular flexibility index (Phi) is 3.55.